The fourth-order valence-electron chi connectivity index (χ4n) is 5.76. The topological polar surface area (TPSA) is 35.5 Å². The minimum absolute atomic E-state index is 0.467. The molecule has 40 heavy (non-hydrogen) atoms. The maximum Gasteiger partial charge on any atom is 0.519 e. The van der Waals surface area contributed by atoms with E-state index in [2.05, 4.69) is 72.8 Å². The summed E-state index contributed by atoms with van der Waals surface area (Å²) in [5.41, 5.74) is 0. The molecule has 0 saturated heterocycles. The molecule has 0 aromatic heterocycles. The first-order chi connectivity index (χ1) is 19.7. The van der Waals surface area contributed by atoms with E-state index in [1.54, 1.807) is 12.1 Å². The summed E-state index contributed by atoms with van der Waals surface area (Å²) in [6, 6.07) is 45.2. The number of carbonyl (C=O) groups excluding carboxylic acids is 1. The minimum atomic E-state index is -0.766. The smallest absolute Gasteiger partial charge is 0.394 e. The van der Waals surface area contributed by atoms with Gasteiger partial charge in [0.25, 0.3) is 0 Å². The molecule has 3 nitrogen and oxygen atoms in total. The molecule has 0 aliphatic carbocycles. The van der Waals surface area contributed by atoms with E-state index in [0.717, 1.165) is 43.1 Å². The first-order valence-electron chi connectivity index (χ1n) is 13.3. The van der Waals surface area contributed by atoms with Crippen LogP contribution < -0.4 is 9.47 Å². The van der Waals surface area contributed by atoms with Gasteiger partial charge in [-0.3, -0.25) is 0 Å². The lowest BCUT2D eigenvalue weighted by Crippen LogP contribution is -2.14. The Hall–Kier alpha value is -5.41. The third-order valence-corrected chi connectivity index (χ3v) is 7.71. The molecular formula is C37H22O3. The molecule has 0 atom stereocenters. The first kappa shape index (κ1) is 22.6. The molecule has 0 fully saturated rings. The van der Waals surface area contributed by atoms with Crippen LogP contribution in [-0.2, 0) is 0 Å². The quantitative estimate of drug-likeness (QED) is 0.131. The second-order valence-electron chi connectivity index (χ2n) is 10.2. The Balaban J connectivity index is 1.16. The molecule has 0 bridgehead atoms. The van der Waals surface area contributed by atoms with Gasteiger partial charge in [0.15, 0.2) is 0 Å². The highest BCUT2D eigenvalue weighted by Gasteiger charge is 2.14. The minimum Gasteiger partial charge on any atom is -0.394 e. The third-order valence-electron chi connectivity index (χ3n) is 7.71. The zero-order valence-corrected chi connectivity index (χ0v) is 21.4. The summed E-state index contributed by atoms with van der Waals surface area (Å²) in [4.78, 5) is 13.1. The number of fused-ring (bicyclic) bond motifs is 6. The van der Waals surface area contributed by atoms with E-state index >= 15 is 0 Å². The predicted octanol–water partition coefficient (Wildman–Crippen LogP) is 10.2. The third kappa shape index (κ3) is 3.79. The van der Waals surface area contributed by atoms with Crippen molar-refractivity contribution in [2.75, 3.05) is 0 Å². The normalized spacial score (nSPS) is 11.6. The van der Waals surface area contributed by atoms with Crippen LogP contribution in [0.4, 0.5) is 4.79 Å². The largest absolute Gasteiger partial charge is 0.519 e. The SMILES string of the molecule is O=C(Oc1cccc2cc3cc4ccccc4cc3cc12)Oc1cccc2cc3cc4ccccc4cc3cc12. The van der Waals surface area contributed by atoms with Crippen LogP contribution in [-0.4, -0.2) is 6.16 Å². The summed E-state index contributed by atoms with van der Waals surface area (Å²) in [7, 11) is 0. The van der Waals surface area contributed by atoms with Crippen molar-refractivity contribution >= 4 is 70.8 Å². The number of ether oxygens (including phenoxy) is 2. The van der Waals surface area contributed by atoms with Crippen LogP contribution in [0, 0.1) is 0 Å². The van der Waals surface area contributed by atoms with Gasteiger partial charge in [0.1, 0.15) is 11.5 Å². The molecule has 0 heterocycles. The Bertz CT molecular complexity index is 2140. The van der Waals surface area contributed by atoms with Crippen LogP contribution >= 0.6 is 0 Å². The van der Waals surface area contributed by atoms with Crippen molar-refractivity contribution < 1.29 is 14.3 Å². The summed E-state index contributed by atoms with van der Waals surface area (Å²) in [5.74, 6) is 0.935. The van der Waals surface area contributed by atoms with Gasteiger partial charge in [0.2, 0.25) is 0 Å². The van der Waals surface area contributed by atoms with Crippen LogP contribution in [0.25, 0.3) is 64.6 Å². The summed E-state index contributed by atoms with van der Waals surface area (Å²) >= 11 is 0. The fourth-order valence-corrected chi connectivity index (χ4v) is 5.76. The molecule has 8 aromatic carbocycles. The van der Waals surface area contributed by atoms with Crippen molar-refractivity contribution in [1.82, 2.24) is 0 Å². The van der Waals surface area contributed by atoms with Gasteiger partial charge in [-0.25, -0.2) is 4.79 Å². The van der Waals surface area contributed by atoms with Crippen molar-refractivity contribution in [1.29, 1.82) is 0 Å². The average molecular weight is 515 g/mol. The lowest BCUT2D eigenvalue weighted by Gasteiger charge is -2.12. The fraction of sp³-hybridized carbons (Fsp3) is 0. The molecule has 188 valence electrons. The van der Waals surface area contributed by atoms with Crippen LogP contribution in [0.1, 0.15) is 0 Å². The molecule has 8 aromatic rings. The molecule has 0 unspecified atom stereocenters. The Morgan fingerprint density at radius 1 is 0.350 bits per heavy atom. The standard InChI is InChI=1S/C37H22O3/c38-37(39-35-13-5-11-27-19-29-15-23-7-1-3-9-25(23)17-31(29)21-33(27)35)40-36-14-6-12-28-20-30-16-24-8-2-4-10-26(24)18-32(30)22-34(28)36/h1-22H. The van der Waals surface area contributed by atoms with Crippen LogP contribution in [0.2, 0.25) is 0 Å². The Morgan fingerprint density at radius 3 is 1.07 bits per heavy atom. The number of hydrogen-bond donors (Lipinski definition) is 0. The highest BCUT2D eigenvalue weighted by molar-refractivity contribution is 6.08. The monoisotopic (exact) mass is 514 g/mol. The molecule has 0 N–H and O–H groups in total. The molecule has 0 aliphatic rings. The summed E-state index contributed by atoms with van der Waals surface area (Å²) in [5, 5.41) is 12.9. The lowest BCUT2D eigenvalue weighted by molar-refractivity contribution is 0.153. The highest BCUT2D eigenvalue weighted by atomic mass is 16.7. The second-order valence-corrected chi connectivity index (χ2v) is 10.2. The zero-order chi connectivity index (χ0) is 26.6. The second kappa shape index (κ2) is 8.82. The van der Waals surface area contributed by atoms with Gasteiger partial charge in [0.05, 0.1) is 0 Å². The number of rotatable bonds is 2. The van der Waals surface area contributed by atoms with E-state index < -0.39 is 6.16 Å². The molecule has 0 radical (unpaired) electrons. The maximum atomic E-state index is 13.1. The van der Waals surface area contributed by atoms with Gasteiger partial charge < -0.3 is 9.47 Å². The van der Waals surface area contributed by atoms with Crippen molar-refractivity contribution in [2.45, 2.75) is 0 Å². The van der Waals surface area contributed by atoms with E-state index in [1.807, 2.05) is 48.5 Å². The molecule has 0 aliphatic heterocycles. The van der Waals surface area contributed by atoms with E-state index in [-0.39, 0.29) is 0 Å². The zero-order valence-electron chi connectivity index (χ0n) is 21.4. The Kier molecular flexibility index (Phi) is 4.98. The van der Waals surface area contributed by atoms with Crippen LogP contribution in [0.5, 0.6) is 11.5 Å². The molecule has 8 rings (SSSR count). The predicted molar refractivity (Wildman–Crippen MR) is 165 cm³/mol. The van der Waals surface area contributed by atoms with Crippen LogP contribution in [0.15, 0.2) is 133 Å². The van der Waals surface area contributed by atoms with Gasteiger partial charge in [-0.05, 0) is 115 Å². The number of carbonyl (C=O) groups is 1. The van der Waals surface area contributed by atoms with Crippen molar-refractivity contribution in [3.8, 4) is 11.5 Å². The molecule has 0 spiro atoms. The van der Waals surface area contributed by atoms with E-state index in [9.17, 15) is 4.79 Å². The van der Waals surface area contributed by atoms with E-state index in [0.29, 0.717) is 11.5 Å². The van der Waals surface area contributed by atoms with E-state index in [1.165, 1.54) is 21.5 Å². The van der Waals surface area contributed by atoms with E-state index in [4.69, 9.17) is 9.47 Å². The molecular weight excluding hydrogens is 492 g/mol. The summed E-state index contributed by atoms with van der Waals surface area (Å²) < 4.78 is 11.6. The Labute approximate surface area is 229 Å². The lowest BCUT2D eigenvalue weighted by atomic mass is 9.99. The van der Waals surface area contributed by atoms with Gasteiger partial charge >= 0.3 is 6.16 Å². The van der Waals surface area contributed by atoms with Gasteiger partial charge in [-0.1, -0.05) is 72.8 Å². The van der Waals surface area contributed by atoms with Crippen LogP contribution in [0.3, 0.4) is 0 Å². The summed E-state index contributed by atoms with van der Waals surface area (Å²) in [6.07, 6.45) is -0.766. The summed E-state index contributed by atoms with van der Waals surface area (Å²) in [6.45, 7) is 0. The highest BCUT2D eigenvalue weighted by Crippen LogP contribution is 2.34. The van der Waals surface area contributed by atoms with Crippen molar-refractivity contribution in [2.24, 2.45) is 0 Å². The number of hydrogen-bond acceptors (Lipinski definition) is 3. The van der Waals surface area contributed by atoms with Gasteiger partial charge in [-0.2, -0.15) is 0 Å². The average Bonchev–Trinajstić information content (AvgIpc) is 2.97. The van der Waals surface area contributed by atoms with Crippen molar-refractivity contribution in [3.05, 3.63) is 133 Å². The first-order valence-corrected chi connectivity index (χ1v) is 13.3. The Morgan fingerprint density at radius 2 is 0.675 bits per heavy atom. The maximum absolute atomic E-state index is 13.1. The van der Waals surface area contributed by atoms with Crippen molar-refractivity contribution in [3.63, 3.8) is 0 Å². The van der Waals surface area contributed by atoms with Gasteiger partial charge in [0, 0.05) is 10.8 Å². The molecule has 0 saturated carbocycles. The number of benzene rings is 8. The molecule has 0 amide bonds. The molecule has 3 heteroatoms. The van der Waals surface area contributed by atoms with Gasteiger partial charge in [-0.15, -0.1) is 0 Å².